The van der Waals surface area contributed by atoms with E-state index in [1.165, 1.54) is 32.1 Å². The summed E-state index contributed by atoms with van der Waals surface area (Å²) in [5, 5.41) is 0.675. The van der Waals surface area contributed by atoms with Crippen molar-refractivity contribution in [1.82, 2.24) is 9.80 Å². The molecular weight excluding hydrogens is 436 g/mol. The summed E-state index contributed by atoms with van der Waals surface area (Å²) in [7, 11) is 0. The highest BCUT2D eigenvalue weighted by atomic mass is 35.5. The van der Waals surface area contributed by atoms with Crippen LogP contribution in [-0.4, -0.2) is 54.4 Å². The molecule has 3 aliphatic rings. The molecule has 1 saturated carbocycles. The minimum absolute atomic E-state index is 0.217. The van der Waals surface area contributed by atoms with Crippen LogP contribution < -0.4 is 4.74 Å². The summed E-state index contributed by atoms with van der Waals surface area (Å²) in [6, 6.07) is 7.38. The van der Waals surface area contributed by atoms with Crippen LogP contribution in [0.3, 0.4) is 0 Å². The maximum atomic E-state index is 13.3. The van der Waals surface area contributed by atoms with Gasteiger partial charge >= 0.3 is 0 Å². The number of benzene rings is 1. The molecule has 1 atom stereocenters. The van der Waals surface area contributed by atoms with Gasteiger partial charge in [-0.25, -0.2) is 0 Å². The molecule has 0 aromatic heterocycles. The quantitative estimate of drug-likeness (QED) is 0.485. The summed E-state index contributed by atoms with van der Waals surface area (Å²) in [5.41, 5.74) is -0.338. The van der Waals surface area contributed by atoms with Gasteiger partial charge in [0, 0.05) is 49.5 Å². The second-order valence-corrected chi connectivity index (χ2v) is 10.9. The van der Waals surface area contributed by atoms with Gasteiger partial charge < -0.3 is 14.5 Å². The van der Waals surface area contributed by atoms with E-state index in [0.717, 1.165) is 63.4 Å². The van der Waals surface area contributed by atoms with Crippen molar-refractivity contribution in [3.63, 3.8) is 0 Å². The Morgan fingerprint density at radius 2 is 1.61 bits per heavy atom. The zero-order valence-corrected chi connectivity index (χ0v) is 20.7. The summed E-state index contributed by atoms with van der Waals surface area (Å²) in [5.74, 6) is 1.95. The predicted molar refractivity (Wildman–Crippen MR) is 131 cm³/mol. The molecule has 5 nitrogen and oxygen atoms in total. The lowest BCUT2D eigenvalue weighted by molar-refractivity contribution is -0.142. The molecule has 0 spiro atoms. The van der Waals surface area contributed by atoms with E-state index in [0.29, 0.717) is 31.0 Å². The molecule has 6 heteroatoms. The molecule has 4 rings (SSSR count). The lowest BCUT2D eigenvalue weighted by atomic mass is 9.77. The summed E-state index contributed by atoms with van der Waals surface area (Å²) >= 11 is 6.02. The average Bonchev–Trinajstić information content (AvgIpc) is 3.37. The van der Waals surface area contributed by atoms with Crippen LogP contribution in [0.2, 0.25) is 5.02 Å². The first kappa shape index (κ1) is 24.4. The van der Waals surface area contributed by atoms with E-state index in [9.17, 15) is 9.59 Å². The number of nitrogens with zero attached hydrogens (tertiary/aromatic N) is 2. The number of carbonyl (C=O) groups is 2. The Labute approximate surface area is 203 Å². The van der Waals surface area contributed by atoms with E-state index in [1.807, 2.05) is 34.1 Å². The van der Waals surface area contributed by atoms with Crippen molar-refractivity contribution in [2.45, 2.75) is 77.0 Å². The van der Waals surface area contributed by atoms with Crippen LogP contribution in [0.5, 0.6) is 5.75 Å². The first-order valence-electron chi connectivity index (χ1n) is 13.0. The number of hydrogen-bond donors (Lipinski definition) is 0. The summed E-state index contributed by atoms with van der Waals surface area (Å²) in [6.07, 6.45) is 12.5. The van der Waals surface area contributed by atoms with Gasteiger partial charge in [0.25, 0.3) is 0 Å². The standard InChI is InChI=1S/C27H39ClN2O3/c28-23-10-12-24(13-11-23)33-21-27(19-26(32)29-16-4-1-5-17-29)15-6-18-30(20-27)25(31)14-9-22-7-2-3-8-22/h10-13,22H,1-9,14-21H2/t27-/m0/s1. The molecule has 182 valence electrons. The van der Waals surface area contributed by atoms with Gasteiger partial charge in [0.2, 0.25) is 11.8 Å². The van der Waals surface area contributed by atoms with Crippen molar-refractivity contribution < 1.29 is 14.3 Å². The highest BCUT2D eigenvalue weighted by Crippen LogP contribution is 2.36. The van der Waals surface area contributed by atoms with Gasteiger partial charge in [0.1, 0.15) is 5.75 Å². The van der Waals surface area contributed by atoms with E-state index in [4.69, 9.17) is 16.3 Å². The third-order valence-corrected chi connectivity index (χ3v) is 8.10. The van der Waals surface area contributed by atoms with Crippen molar-refractivity contribution >= 4 is 23.4 Å². The molecule has 0 radical (unpaired) electrons. The second kappa shape index (κ2) is 11.6. The van der Waals surface area contributed by atoms with E-state index >= 15 is 0 Å². The van der Waals surface area contributed by atoms with E-state index in [-0.39, 0.29) is 17.2 Å². The van der Waals surface area contributed by atoms with Crippen molar-refractivity contribution in [3.8, 4) is 5.75 Å². The van der Waals surface area contributed by atoms with Crippen molar-refractivity contribution in [1.29, 1.82) is 0 Å². The zero-order valence-electron chi connectivity index (χ0n) is 19.9. The fourth-order valence-electron chi connectivity index (χ4n) is 5.86. The second-order valence-electron chi connectivity index (χ2n) is 10.5. The van der Waals surface area contributed by atoms with Crippen LogP contribution in [0, 0.1) is 11.3 Å². The fourth-order valence-corrected chi connectivity index (χ4v) is 5.99. The molecule has 2 aliphatic heterocycles. The maximum absolute atomic E-state index is 13.3. The van der Waals surface area contributed by atoms with Crippen LogP contribution in [0.15, 0.2) is 24.3 Å². The molecule has 0 N–H and O–H groups in total. The molecule has 1 aromatic carbocycles. The number of amides is 2. The molecule has 2 heterocycles. The monoisotopic (exact) mass is 474 g/mol. The molecule has 2 amide bonds. The molecular formula is C27H39ClN2O3. The lowest BCUT2D eigenvalue weighted by Crippen LogP contribution is -2.51. The van der Waals surface area contributed by atoms with Crippen LogP contribution in [0.25, 0.3) is 0 Å². The first-order chi connectivity index (χ1) is 16.0. The van der Waals surface area contributed by atoms with Crippen LogP contribution in [0.1, 0.15) is 77.0 Å². The van der Waals surface area contributed by atoms with Crippen molar-refractivity contribution in [3.05, 3.63) is 29.3 Å². The molecule has 0 unspecified atom stereocenters. The molecule has 3 fully saturated rings. The SMILES string of the molecule is O=C(C[C@@]1(COc2ccc(Cl)cc2)CCCN(C(=O)CCC2CCCC2)C1)N1CCCCC1. The Kier molecular flexibility index (Phi) is 8.56. The summed E-state index contributed by atoms with van der Waals surface area (Å²) in [6.45, 7) is 3.57. The Morgan fingerprint density at radius 3 is 2.33 bits per heavy atom. The molecule has 1 aromatic rings. The topological polar surface area (TPSA) is 49.9 Å². The number of halogens is 1. The van der Waals surface area contributed by atoms with Gasteiger partial charge in [-0.3, -0.25) is 9.59 Å². The summed E-state index contributed by atoms with van der Waals surface area (Å²) < 4.78 is 6.19. The number of hydrogen-bond acceptors (Lipinski definition) is 3. The van der Waals surface area contributed by atoms with E-state index < -0.39 is 0 Å². The molecule has 1 aliphatic carbocycles. The van der Waals surface area contributed by atoms with Gasteiger partial charge in [-0.2, -0.15) is 0 Å². The minimum Gasteiger partial charge on any atom is -0.493 e. The van der Waals surface area contributed by atoms with Crippen LogP contribution in [-0.2, 0) is 9.59 Å². The first-order valence-corrected chi connectivity index (χ1v) is 13.3. The average molecular weight is 475 g/mol. The lowest BCUT2D eigenvalue weighted by Gasteiger charge is -2.43. The Balaban J connectivity index is 1.42. The fraction of sp³-hybridized carbons (Fsp3) is 0.704. The number of piperidine rings is 2. The van der Waals surface area contributed by atoms with Crippen molar-refractivity contribution in [2.75, 3.05) is 32.8 Å². The minimum atomic E-state index is -0.338. The third kappa shape index (κ3) is 6.88. The van der Waals surface area contributed by atoms with E-state index in [2.05, 4.69) is 0 Å². The number of carbonyl (C=O) groups excluding carboxylic acids is 2. The Hall–Kier alpha value is -1.75. The van der Waals surface area contributed by atoms with Crippen molar-refractivity contribution in [2.24, 2.45) is 11.3 Å². The predicted octanol–water partition coefficient (Wildman–Crippen LogP) is 5.70. The molecule has 2 saturated heterocycles. The van der Waals surface area contributed by atoms with Gasteiger partial charge in [-0.1, -0.05) is 37.3 Å². The number of likely N-dealkylation sites (tertiary alicyclic amines) is 2. The highest BCUT2D eigenvalue weighted by molar-refractivity contribution is 6.30. The van der Waals surface area contributed by atoms with Crippen LogP contribution >= 0.6 is 11.6 Å². The zero-order chi connectivity index (χ0) is 23.1. The van der Waals surface area contributed by atoms with Gasteiger partial charge in [-0.05, 0) is 68.7 Å². The van der Waals surface area contributed by atoms with Gasteiger partial charge in [-0.15, -0.1) is 0 Å². The molecule has 0 bridgehead atoms. The van der Waals surface area contributed by atoms with E-state index in [1.54, 1.807) is 0 Å². The Morgan fingerprint density at radius 1 is 0.909 bits per heavy atom. The normalized spacial score (nSPS) is 24.2. The van der Waals surface area contributed by atoms with Gasteiger partial charge in [0.15, 0.2) is 0 Å². The largest absolute Gasteiger partial charge is 0.493 e. The number of ether oxygens (including phenoxy) is 1. The highest BCUT2D eigenvalue weighted by Gasteiger charge is 2.41. The summed E-state index contributed by atoms with van der Waals surface area (Å²) in [4.78, 5) is 30.4. The Bertz CT molecular complexity index is 787. The molecule has 33 heavy (non-hydrogen) atoms. The number of rotatable bonds is 8. The smallest absolute Gasteiger partial charge is 0.223 e. The van der Waals surface area contributed by atoms with Gasteiger partial charge in [0.05, 0.1) is 6.61 Å². The maximum Gasteiger partial charge on any atom is 0.223 e. The van der Waals surface area contributed by atoms with Crippen LogP contribution in [0.4, 0.5) is 0 Å². The third-order valence-electron chi connectivity index (χ3n) is 7.85.